The van der Waals surface area contributed by atoms with Crippen LogP contribution in [0, 0.1) is 6.92 Å². The Morgan fingerprint density at radius 3 is 2.21 bits per heavy atom. The minimum absolute atomic E-state index is 0.679. The minimum atomic E-state index is 0.679. The molecule has 5 rings (SSSR count). The molecule has 5 heteroatoms. The Labute approximate surface area is 169 Å². The molecule has 0 unspecified atom stereocenters. The van der Waals surface area contributed by atoms with Crippen molar-refractivity contribution in [3.05, 3.63) is 89.7 Å². The fourth-order valence-electron chi connectivity index (χ4n) is 3.59. The summed E-state index contributed by atoms with van der Waals surface area (Å²) in [5.74, 6) is 1.49. The largest absolute Gasteiger partial charge is 0.326 e. The smallest absolute Gasteiger partial charge is 0.230 e. The molecule has 0 bridgehead atoms. The van der Waals surface area contributed by atoms with Gasteiger partial charge in [-0.2, -0.15) is 0 Å². The second kappa shape index (κ2) is 7.02. The van der Waals surface area contributed by atoms with E-state index in [4.69, 9.17) is 9.98 Å². The van der Waals surface area contributed by atoms with Gasteiger partial charge in [-0.3, -0.25) is 0 Å². The van der Waals surface area contributed by atoms with Gasteiger partial charge in [0.15, 0.2) is 5.82 Å². The van der Waals surface area contributed by atoms with Crippen molar-refractivity contribution < 1.29 is 0 Å². The zero-order chi connectivity index (χ0) is 19.8. The number of imidazole rings is 2. The zero-order valence-electron chi connectivity index (χ0n) is 16.4. The van der Waals surface area contributed by atoms with Crippen molar-refractivity contribution in [2.45, 2.75) is 13.5 Å². The second-order valence-electron chi connectivity index (χ2n) is 7.25. The standard InChI is InChI=1S/C24H21N5/c1-17-11-13-18(14-12-17)16-29-22-10-6-4-8-20(22)27-24(29)25-15-23-26-19-7-3-5-9-21(19)28(23)2/h3-15H,16H2,1-2H3. The van der Waals surface area contributed by atoms with E-state index in [0.29, 0.717) is 5.95 Å². The number of fused-ring (bicyclic) bond motifs is 2. The summed E-state index contributed by atoms with van der Waals surface area (Å²) >= 11 is 0. The Bertz CT molecular complexity index is 1340. The zero-order valence-corrected chi connectivity index (χ0v) is 16.4. The van der Waals surface area contributed by atoms with E-state index in [1.165, 1.54) is 11.1 Å². The van der Waals surface area contributed by atoms with E-state index < -0.39 is 0 Å². The molecule has 2 aromatic heterocycles. The third kappa shape index (κ3) is 3.21. The van der Waals surface area contributed by atoms with Crippen molar-refractivity contribution in [3.8, 4) is 0 Å². The van der Waals surface area contributed by atoms with Crippen LogP contribution in [0.25, 0.3) is 22.1 Å². The van der Waals surface area contributed by atoms with Gasteiger partial charge in [-0.05, 0) is 36.8 Å². The second-order valence-corrected chi connectivity index (χ2v) is 7.25. The molecule has 0 aliphatic rings. The summed E-state index contributed by atoms with van der Waals surface area (Å²) in [5.41, 5.74) is 6.54. The fraction of sp³-hybridized carbons (Fsp3) is 0.125. The van der Waals surface area contributed by atoms with Gasteiger partial charge >= 0.3 is 0 Å². The van der Waals surface area contributed by atoms with E-state index in [1.807, 2.05) is 48.0 Å². The maximum Gasteiger partial charge on any atom is 0.230 e. The number of nitrogens with zero attached hydrogens (tertiary/aromatic N) is 5. The van der Waals surface area contributed by atoms with E-state index in [1.54, 1.807) is 6.21 Å². The van der Waals surface area contributed by atoms with Crippen LogP contribution in [0.2, 0.25) is 0 Å². The van der Waals surface area contributed by atoms with Crippen LogP contribution < -0.4 is 0 Å². The van der Waals surface area contributed by atoms with Crippen molar-refractivity contribution in [1.82, 2.24) is 19.1 Å². The fourth-order valence-corrected chi connectivity index (χ4v) is 3.59. The van der Waals surface area contributed by atoms with E-state index in [-0.39, 0.29) is 0 Å². The summed E-state index contributed by atoms with van der Waals surface area (Å²) in [5, 5.41) is 0. The summed E-state index contributed by atoms with van der Waals surface area (Å²) in [6.45, 7) is 2.82. The average Bonchev–Trinajstić information content (AvgIpc) is 3.26. The molecular weight excluding hydrogens is 358 g/mol. The first kappa shape index (κ1) is 17.4. The summed E-state index contributed by atoms with van der Waals surface area (Å²) < 4.78 is 4.20. The highest BCUT2D eigenvalue weighted by Crippen LogP contribution is 2.23. The van der Waals surface area contributed by atoms with Gasteiger partial charge in [-0.25, -0.2) is 15.0 Å². The van der Waals surface area contributed by atoms with Gasteiger partial charge in [0.25, 0.3) is 0 Å². The van der Waals surface area contributed by atoms with Crippen molar-refractivity contribution in [2.75, 3.05) is 0 Å². The van der Waals surface area contributed by atoms with Gasteiger partial charge in [-0.1, -0.05) is 54.1 Å². The molecule has 0 spiro atoms. The lowest BCUT2D eigenvalue weighted by molar-refractivity contribution is 0.826. The van der Waals surface area contributed by atoms with Crippen LogP contribution in [0.4, 0.5) is 5.95 Å². The van der Waals surface area contributed by atoms with Gasteiger partial charge in [0.05, 0.1) is 34.8 Å². The summed E-state index contributed by atoms with van der Waals surface area (Å²) in [6.07, 6.45) is 1.80. The first-order valence-electron chi connectivity index (χ1n) is 9.65. The highest BCUT2D eigenvalue weighted by molar-refractivity contribution is 5.86. The topological polar surface area (TPSA) is 48.0 Å². The minimum Gasteiger partial charge on any atom is -0.326 e. The number of hydrogen-bond donors (Lipinski definition) is 0. The molecule has 142 valence electrons. The molecule has 29 heavy (non-hydrogen) atoms. The number of benzene rings is 3. The van der Waals surface area contributed by atoms with Crippen LogP contribution in [0.5, 0.6) is 0 Å². The van der Waals surface area contributed by atoms with Gasteiger partial charge in [-0.15, -0.1) is 0 Å². The van der Waals surface area contributed by atoms with E-state index in [2.05, 4.69) is 52.9 Å². The molecule has 0 atom stereocenters. The maximum atomic E-state index is 4.75. The molecule has 0 saturated carbocycles. The number of aliphatic imine (C=N–C) groups is 1. The van der Waals surface area contributed by atoms with Gasteiger partial charge in [0.1, 0.15) is 0 Å². The van der Waals surface area contributed by atoms with Gasteiger partial charge in [0, 0.05) is 7.05 Å². The third-order valence-corrected chi connectivity index (χ3v) is 5.21. The molecule has 2 heterocycles. The van der Waals surface area contributed by atoms with Crippen LogP contribution in [0.15, 0.2) is 77.8 Å². The van der Waals surface area contributed by atoms with E-state index >= 15 is 0 Å². The van der Waals surface area contributed by atoms with Crippen molar-refractivity contribution in [2.24, 2.45) is 12.0 Å². The number of rotatable bonds is 4. The normalized spacial score (nSPS) is 11.8. The summed E-state index contributed by atoms with van der Waals surface area (Å²) in [7, 11) is 2.01. The molecule has 3 aromatic carbocycles. The van der Waals surface area contributed by atoms with Crippen molar-refractivity contribution in [3.63, 3.8) is 0 Å². The van der Waals surface area contributed by atoms with Gasteiger partial charge in [0.2, 0.25) is 5.95 Å². The number of aromatic nitrogens is 4. The lowest BCUT2D eigenvalue weighted by Crippen LogP contribution is -2.00. The lowest BCUT2D eigenvalue weighted by Gasteiger charge is -2.07. The maximum absolute atomic E-state index is 4.75. The molecule has 0 aliphatic heterocycles. The molecular formula is C24H21N5. The van der Waals surface area contributed by atoms with Crippen LogP contribution in [0.3, 0.4) is 0 Å². The Morgan fingerprint density at radius 2 is 1.48 bits per heavy atom. The van der Waals surface area contributed by atoms with Crippen LogP contribution in [0.1, 0.15) is 17.0 Å². The highest BCUT2D eigenvalue weighted by atomic mass is 15.2. The van der Waals surface area contributed by atoms with E-state index in [9.17, 15) is 0 Å². The number of aryl methyl sites for hydroxylation is 2. The molecule has 5 nitrogen and oxygen atoms in total. The quantitative estimate of drug-likeness (QED) is 0.411. The molecule has 0 fully saturated rings. The Balaban J connectivity index is 1.57. The van der Waals surface area contributed by atoms with Crippen LogP contribution in [-0.4, -0.2) is 25.3 Å². The predicted octanol–water partition coefficient (Wildman–Crippen LogP) is 5.03. The molecule has 5 aromatic rings. The van der Waals surface area contributed by atoms with Crippen molar-refractivity contribution >= 4 is 34.2 Å². The number of para-hydroxylation sites is 4. The third-order valence-electron chi connectivity index (χ3n) is 5.21. The van der Waals surface area contributed by atoms with Gasteiger partial charge < -0.3 is 9.13 Å². The lowest BCUT2D eigenvalue weighted by atomic mass is 10.1. The SMILES string of the molecule is Cc1ccc(Cn2c(N=Cc3nc4ccccc4n3C)nc3ccccc32)cc1. The first-order valence-corrected chi connectivity index (χ1v) is 9.65. The number of hydrogen-bond acceptors (Lipinski definition) is 3. The first-order chi connectivity index (χ1) is 14.2. The predicted molar refractivity (Wildman–Crippen MR) is 118 cm³/mol. The Hall–Kier alpha value is -3.73. The monoisotopic (exact) mass is 379 g/mol. The summed E-state index contributed by atoms with van der Waals surface area (Å²) in [6, 6.07) is 24.8. The molecule has 0 radical (unpaired) electrons. The highest BCUT2D eigenvalue weighted by Gasteiger charge is 2.11. The Morgan fingerprint density at radius 1 is 0.828 bits per heavy atom. The average molecular weight is 379 g/mol. The molecule has 0 amide bonds. The van der Waals surface area contributed by atoms with Crippen LogP contribution >= 0.6 is 0 Å². The van der Waals surface area contributed by atoms with Crippen LogP contribution in [-0.2, 0) is 13.6 Å². The van der Waals surface area contributed by atoms with Crippen molar-refractivity contribution in [1.29, 1.82) is 0 Å². The molecule has 0 N–H and O–H groups in total. The summed E-state index contributed by atoms with van der Waals surface area (Å²) in [4.78, 5) is 14.2. The molecule has 0 saturated heterocycles. The van der Waals surface area contributed by atoms with E-state index in [0.717, 1.165) is 34.4 Å². The molecule has 0 aliphatic carbocycles. The Kier molecular flexibility index (Phi) is 4.21.